The third kappa shape index (κ3) is 3.03. The summed E-state index contributed by atoms with van der Waals surface area (Å²) >= 11 is 0. The normalized spacial score (nSPS) is 12.7. The fraction of sp³-hybridized carbons (Fsp3) is 0.263. The van der Waals surface area contributed by atoms with E-state index in [-0.39, 0.29) is 5.91 Å². The average Bonchev–Trinajstić information content (AvgIpc) is 2.99. The van der Waals surface area contributed by atoms with Crippen LogP contribution in [0.2, 0.25) is 0 Å². The Morgan fingerprint density at radius 3 is 3.00 bits per heavy atom. The molecular formula is C19H19N5O2. The number of ether oxygens (including phenoxy) is 1. The molecule has 0 unspecified atom stereocenters. The van der Waals surface area contributed by atoms with Gasteiger partial charge in [0.15, 0.2) is 0 Å². The molecule has 0 aromatic carbocycles. The SMILES string of the molecule is CCOc1ccc(NC(=O)c2c[nH]c3c2-c2ncncc2CCC3)cn1. The van der Waals surface area contributed by atoms with Crippen molar-refractivity contribution in [2.24, 2.45) is 0 Å². The Hall–Kier alpha value is -3.22. The maximum absolute atomic E-state index is 12.8. The number of carbonyl (C=O) groups is 1. The van der Waals surface area contributed by atoms with Crippen molar-refractivity contribution in [2.75, 3.05) is 11.9 Å². The third-order valence-corrected chi connectivity index (χ3v) is 4.39. The number of aryl methyl sites for hydroxylation is 2. The molecule has 0 fully saturated rings. The van der Waals surface area contributed by atoms with Crippen LogP contribution < -0.4 is 10.1 Å². The van der Waals surface area contributed by atoms with E-state index in [4.69, 9.17) is 4.74 Å². The van der Waals surface area contributed by atoms with Crippen LogP contribution in [-0.2, 0) is 12.8 Å². The minimum Gasteiger partial charge on any atom is -0.478 e. The second-order valence-corrected chi connectivity index (χ2v) is 6.08. The first-order valence-corrected chi connectivity index (χ1v) is 8.66. The van der Waals surface area contributed by atoms with Gasteiger partial charge >= 0.3 is 0 Å². The van der Waals surface area contributed by atoms with Crippen LogP contribution in [0.3, 0.4) is 0 Å². The number of fused-ring (bicyclic) bond motifs is 3. The standard InChI is InChI=1S/C19H19N5O2/c1-2-26-16-7-6-13(9-22-16)24-19(25)14-10-21-15-5-3-4-12-8-20-11-23-18(12)17(14)15/h6-11,21H,2-5H2,1H3,(H,24,25). The van der Waals surface area contributed by atoms with Crippen molar-refractivity contribution >= 4 is 11.6 Å². The second-order valence-electron chi connectivity index (χ2n) is 6.08. The van der Waals surface area contributed by atoms with Crippen LogP contribution in [0.15, 0.2) is 37.1 Å². The maximum atomic E-state index is 12.8. The van der Waals surface area contributed by atoms with Crippen molar-refractivity contribution in [3.05, 3.63) is 53.9 Å². The predicted molar refractivity (Wildman–Crippen MR) is 97.2 cm³/mol. The molecule has 26 heavy (non-hydrogen) atoms. The largest absolute Gasteiger partial charge is 0.478 e. The number of aromatic nitrogens is 4. The molecule has 4 rings (SSSR count). The summed E-state index contributed by atoms with van der Waals surface area (Å²) in [6.07, 6.45) is 9.48. The van der Waals surface area contributed by atoms with E-state index in [1.54, 1.807) is 24.5 Å². The summed E-state index contributed by atoms with van der Waals surface area (Å²) in [5, 5.41) is 2.89. The summed E-state index contributed by atoms with van der Waals surface area (Å²) in [6, 6.07) is 3.51. The van der Waals surface area contributed by atoms with Crippen molar-refractivity contribution in [3.8, 4) is 17.1 Å². The Labute approximate surface area is 150 Å². The topological polar surface area (TPSA) is 92.8 Å². The molecule has 0 radical (unpaired) electrons. The highest BCUT2D eigenvalue weighted by Gasteiger charge is 2.24. The van der Waals surface area contributed by atoms with E-state index in [1.807, 2.05) is 13.1 Å². The highest BCUT2D eigenvalue weighted by atomic mass is 16.5. The monoisotopic (exact) mass is 349 g/mol. The first kappa shape index (κ1) is 16.3. The van der Waals surface area contributed by atoms with Gasteiger partial charge in [0.1, 0.15) is 6.33 Å². The summed E-state index contributed by atoms with van der Waals surface area (Å²) in [4.78, 5) is 28.8. The lowest BCUT2D eigenvalue weighted by Gasteiger charge is -2.09. The molecule has 7 heteroatoms. The predicted octanol–water partition coefficient (Wildman–Crippen LogP) is 3.01. The Morgan fingerprint density at radius 2 is 2.19 bits per heavy atom. The minimum atomic E-state index is -0.195. The van der Waals surface area contributed by atoms with Crippen LogP contribution in [0.1, 0.15) is 35.0 Å². The molecule has 0 atom stereocenters. The molecule has 1 aliphatic carbocycles. The van der Waals surface area contributed by atoms with Crippen molar-refractivity contribution in [2.45, 2.75) is 26.2 Å². The number of rotatable bonds is 4. The average molecular weight is 349 g/mol. The molecule has 0 bridgehead atoms. The van der Waals surface area contributed by atoms with E-state index in [0.717, 1.165) is 41.8 Å². The first-order chi connectivity index (χ1) is 12.8. The van der Waals surface area contributed by atoms with Gasteiger partial charge in [0.2, 0.25) is 5.88 Å². The zero-order valence-corrected chi connectivity index (χ0v) is 14.5. The van der Waals surface area contributed by atoms with Crippen molar-refractivity contribution in [1.82, 2.24) is 19.9 Å². The third-order valence-electron chi connectivity index (χ3n) is 4.39. The molecule has 3 aromatic rings. The number of amides is 1. The minimum absolute atomic E-state index is 0.195. The van der Waals surface area contributed by atoms with Gasteiger partial charge in [-0.05, 0) is 37.8 Å². The van der Waals surface area contributed by atoms with Gasteiger partial charge in [0.05, 0.1) is 29.7 Å². The fourth-order valence-electron chi connectivity index (χ4n) is 3.22. The van der Waals surface area contributed by atoms with Crippen molar-refractivity contribution in [3.63, 3.8) is 0 Å². The van der Waals surface area contributed by atoms with Crippen LogP contribution in [0.5, 0.6) is 5.88 Å². The molecular weight excluding hydrogens is 330 g/mol. The van der Waals surface area contributed by atoms with E-state index < -0.39 is 0 Å². The van der Waals surface area contributed by atoms with E-state index in [2.05, 4.69) is 25.3 Å². The molecule has 132 valence electrons. The van der Waals surface area contributed by atoms with E-state index >= 15 is 0 Å². The Balaban J connectivity index is 1.64. The number of aromatic amines is 1. The molecule has 2 N–H and O–H groups in total. The Bertz CT molecular complexity index is 933. The van der Waals surface area contributed by atoms with Gasteiger partial charge in [0.25, 0.3) is 5.91 Å². The zero-order valence-electron chi connectivity index (χ0n) is 14.5. The zero-order chi connectivity index (χ0) is 17.9. The maximum Gasteiger partial charge on any atom is 0.257 e. The van der Waals surface area contributed by atoms with Gasteiger partial charge in [-0.3, -0.25) is 4.79 Å². The van der Waals surface area contributed by atoms with Gasteiger partial charge in [0, 0.05) is 29.7 Å². The summed E-state index contributed by atoms with van der Waals surface area (Å²) in [7, 11) is 0. The molecule has 1 aliphatic rings. The van der Waals surface area contributed by atoms with Crippen LogP contribution >= 0.6 is 0 Å². The lowest BCUT2D eigenvalue weighted by molar-refractivity contribution is 0.102. The van der Waals surface area contributed by atoms with Crippen molar-refractivity contribution < 1.29 is 9.53 Å². The van der Waals surface area contributed by atoms with Gasteiger partial charge in [-0.15, -0.1) is 0 Å². The molecule has 3 heterocycles. The van der Waals surface area contributed by atoms with Crippen LogP contribution in [0, 0.1) is 0 Å². The highest BCUT2D eigenvalue weighted by Crippen LogP contribution is 2.33. The number of anilines is 1. The number of nitrogens with zero attached hydrogens (tertiary/aromatic N) is 3. The summed E-state index contributed by atoms with van der Waals surface area (Å²) in [6.45, 7) is 2.45. The Morgan fingerprint density at radius 1 is 1.27 bits per heavy atom. The van der Waals surface area contributed by atoms with Gasteiger partial charge in [-0.2, -0.15) is 0 Å². The number of pyridine rings is 1. The fourth-order valence-corrected chi connectivity index (χ4v) is 3.22. The van der Waals surface area contributed by atoms with Gasteiger partial charge in [-0.1, -0.05) is 0 Å². The number of carbonyl (C=O) groups excluding carboxylic acids is 1. The first-order valence-electron chi connectivity index (χ1n) is 8.66. The molecule has 0 aliphatic heterocycles. The molecule has 7 nitrogen and oxygen atoms in total. The van der Waals surface area contributed by atoms with Crippen molar-refractivity contribution in [1.29, 1.82) is 0 Å². The molecule has 0 spiro atoms. The number of H-pyrrole nitrogens is 1. The quantitative estimate of drug-likeness (QED) is 0.755. The summed E-state index contributed by atoms with van der Waals surface area (Å²) < 4.78 is 5.32. The smallest absolute Gasteiger partial charge is 0.257 e. The lowest BCUT2D eigenvalue weighted by atomic mass is 10.0. The van der Waals surface area contributed by atoms with E-state index in [0.29, 0.717) is 23.7 Å². The number of nitrogens with one attached hydrogen (secondary N) is 2. The van der Waals surface area contributed by atoms with Gasteiger partial charge in [-0.25, -0.2) is 15.0 Å². The van der Waals surface area contributed by atoms with E-state index in [1.165, 1.54) is 6.33 Å². The number of hydrogen-bond acceptors (Lipinski definition) is 5. The molecule has 0 saturated heterocycles. The molecule has 1 amide bonds. The summed E-state index contributed by atoms with van der Waals surface area (Å²) in [5.41, 5.74) is 5.01. The molecule has 0 saturated carbocycles. The van der Waals surface area contributed by atoms with Crippen LogP contribution in [0.4, 0.5) is 5.69 Å². The molecule has 3 aromatic heterocycles. The van der Waals surface area contributed by atoms with E-state index in [9.17, 15) is 4.79 Å². The van der Waals surface area contributed by atoms with Crippen LogP contribution in [0.25, 0.3) is 11.3 Å². The highest BCUT2D eigenvalue weighted by molar-refractivity contribution is 6.09. The summed E-state index contributed by atoms with van der Waals surface area (Å²) in [5.74, 6) is 0.339. The lowest BCUT2D eigenvalue weighted by Crippen LogP contribution is -2.13. The second kappa shape index (κ2) is 6.95. The van der Waals surface area contributed by atoms with Crippen LogP contribution in [-0.4, -0.2) is 32.4 Å². The van der Waals surface area contributed by atoms with Gasteiger partial charge < -0.3 is 15.0 Å². The Kier molecular flexibility index (Phi) is 4.35. The number of hydrogen-bond donors (Lipinski definition) is 2.